The standard InChI is InChI=1S/C13H19NO2/c1-5-8-13(3,11-14-10-6-2)9-7-12(15)16-4/h5-11H,1-4H3/b8-5-,9-7+,10-6-,14-11-. The molecule has 0 fully saturated rings. The number of hydrogen-bond acceptors (Lipinski definition) is 3. The molecule has 16 heavy (non-hydrogen) atoms. The van der Waals surface area contributed by atoms with Crippen molar-refractivity contribution >= 4 is 12.2 Å². The van der Waals surface area contributed by atoms with Gasteiger partial charge < -0.3 is 4.74 Å². The van der Waals surface area contributed by atoms with E-state index in [-0.39, 0.29) is 11.4 Å². The smallest absolute Gasteiger partial charge is 0.330 e. The van der Waals surface area contributed by atoms with Gasteiger partial charge in [-0.2, -0.15) is 0 Å². The molecule has 0 radical (unpaired) electrons. The molecule has 88 valence electrons. The van der Waals surface area contributed by atoms with Gasteiger partial charge in [0.25, 0.3) is 0 Å². The topological polar surface area (TPSA) is 38.7 Å². The van der Waals surface area contributed by atoms with E-state index in [1.165, 1.54) is 13.2 Å². The molecule has 0 aliphatic rings. The van der Waals surface area contributed by atoms with E-state index in [4.69, 9.17) is 0 Å². The predicted molar refractivity (Wildman–Crippen MR) is 67.4 cm³/mol. The van der Waals surface area contributed by atoms with Gasteiger partial charge in [0.05, 0.1) is 7.11 Å². The Morgan fingerprint density at radius 2 is 1.94 bits per heavy atom. The molecular formula is C13H19NO2. The largest absolute Gasteiger partial charge is 0.466 e. The maximum absolute atomic E-state index is 11.0. The minimum absolute atomic E-state index is 0.366. The van der Waals surface area contributed by atoms with Crippen molar-refractivity contribution in [2.75, 3.05) is 7.11 Å². The Bertz CT molecular complexity index is 327. The second-order valence-electron chi connectivity index (χ2n) is 3.48. The Balaban J connectivity index is 4.82. The summed E-state index contributed by atoms with van der Waals surface area (Å²) in [6.07, 6.45) is 12.4. The molecule has 0 aliphatic heterocycles. The Hall–Kier alpha value is -1.64. The van der Waals surface area contributed by atoms with Gasteiger partial charge in [0.2, 0.25) is 0 Å². The molecule has 0 aromatic rings. The van der Waals surface area contributed by atoms with Gasteiger partial charge in [-0.05, 0) is 20.8 Å². The van der Waals surface area contributed by atoms with Gasteiger partial charge in [-0.25, -0.2) is 4.79 Å². The molecule has 0 bridgehead atoms. The summed E-state index contributed by atoms with van der Waals surface area (Å²) in [6, 6.07) is 0. The highest BCUT2D eigenvalue weighted by atomic mass is 16.5. The average molecular weight is 221 g/mol. The number of carbonyl (C=O) groups excluding carboxylic acids is 1. The van der Waals surface area contributed by atoms with Crippen molar-refractivity contribution in [3.05, 3.63) is 36.6 Å². The van der Waals surface area contributed by atoms with Crippen molar-refractivity contribution in [2.24, 2.45) is 10.4 Å². The van der Waals surface area contributed by atoms with Crippen molar-refractivity contribution in [1.29, 1.82) is 0 Å². The Morgan fingerprint density at radius 3 is 2.44 bits per heavy atom. The quantitative estimate of drug-likeness (QED) is 0.310. The van der Waals surface area contributed by atoms with E-state index in [1.54, 1.807) is 18.5 Å². The van der Waals surface area contributed by atoms with E-state index in [2.05, 4.69) is 9.73 Å². The van der Waals surface area contributed by atoms with Crippen LogP contribution in [0.4, 0.5) is 0 Å². The number of carbonyl (C=O) groups is 1. The molecule has 0 amide bonds. The highest BCUT2D eigenvalue weighted by Gasteiger charge is 2.13. The maximum atomic E-state index is 11.0. The molecule has 0 aliphatic carbocycles. The minimum Gasteiger partial charge on any atom is -0.466 e. The third-order valence-corrected chi connectivity index (χ3v) is 1.89. The van der Waals surface area contributed by atoms with Gasteiger partial charge in [0.15, 0.2) is 0 Å². The van der Waals surface area contributed by atoms with Crippen LogP contribution in [0.25, 0.3) is 0 Å². The van der Waals surface area contributed by atoms with Gasteiger partial charge >= 0.3 is 5.97 Å². The van der Waals surface area contributed by atoms with Gasteiger partial charge in [0.1, 0.15) is 0 Å². The van der Waals surface area contributed by atoms with E-state index < -0.39 is 0 Å². The Labute approximate surface area is 97.2 Å². The summed E-state index contributed by atoms with van der Waals surface area (Å²) >= 11 is 0. The van der Waals surface area contributed by atoms with Crippen molar-refractivity contribution in [3.63, 3.8) is 0 Å². The monoisotopic (exact) mass is 221 g/mol. The van der Waals surface area contributed by atoms with Gasteiger partial charge in [-0.3, -0.25) is 4.99 Å². The van der Waals surface area contributed by atoms with Crippen molar-refractivity contribution in [2.45, 2.75) is 20.8 Å². The minimum atomic E-state index is -0.373. The number of ether oxygens (including phenoxy) is 1. The van der Waals surface area contributed by atoms with Crippen LogP contribution in [0.1, 0.15) is 20.8 Å². The first-order chi connectivity index (χ1) is 7.58. The van der Waals surface area contributed by atoms with E-state index in [0.717, 1.165) is 0 Å². The first-order valence-electron chi connectivity index (χ1n) is 5.14. The van der Waals surface area contributed by atoms with E-state index in [9.17, 15) is 4.79 Å². The lowest BCUT2D eigenvalue weighted by Crippen LogP contribution is -2.12. The van der Waals surface area contributed by atoms with Crippen LogP contribution in [-0.2, 0) is 9.53 Å². The summed E-state index contributed by atoms with van der Waals surface area (Å²) in [6.45, 7) is 5.78. The summed E-state index contributed by atoms with van der Waals surface area (Å²) < 4.78 is 4.54. The van der Waals surface area contributed by atoms with E-state index in [1.807, 2.05) is 39.0 Å². The molecule has 0 N–H and O–H groups in total. The number of nitrogens with zero attached hydrogens (tertiary/aromatic N) is 1. The first-order valence-corrected chi connectivity index (χ1v) is 5.14. The van der Waals surface area contributed by atoms with Crippen LogP contribution in [0.5, 0.6) is 0 Å². The highest BCUT2D eigenvalue weighted by molar-refractivity contribution is 5.83. The van der Waals surface area contributed by atoms with Crippen LogP contribution in [0.15, 0.2) is 41.6 Å². The molecule has 1 atom stereocenters. The van der Waals surface area contributed by atoms with E-state index >= 15 is 0 Å². The number of esters is 1. The Kier molecular flexibility index (Phi) is 6.84. The molecule has 0 aromatic carbocycles. The highest BCUT2D eigenvalue weighted by Crippen LogP contribution is 2.17. The predicted octanol–water partition coefficient (Wildman–Crippen LogP) is 2.90. The van der Waals surface area contributed by atoms with Gasteiger partial charge in [-0.1, -0.05) is 24.3 Å². The lowest BCUT2D eigenvalue weighted by molar-refractivity contribution is -0.134. The summed E-state index contributed by atoms with van der Waals surface area (Å²) in [7, 11) is 1.35. The summed E-state index contributed by atoms with van der Waals surface area (Å²) in [4.78, 5) is 15.1. The number of hydrogen-bond donors (Lipinski definition) is 0. The molecule has 0 spiro atoms. The molecule has 3 nitrogen and oxygen atoms in total. The van der Waals surface area contributed by atoms with Crippen molar-refractivity contribution < 1.29 is 9.53 Å². The third kappa shape index (κ3) is 5.96. The molecule has 1 unspecified atom stereocenters. The molecular weight excluding hydrogens is 202 g/mol. The first kappa shape index (κ1) is 14.4. The van der Waals surface area contributed by atoms with Crippen LogP contribution in [0.2, 0.25) is 0 Å². The van der Waals surface area contributed by atoms with Crippen LogP contribution < -0.4 is 0 Å². The van der Waals surface area contributed by atoms with Crippen molar-refractivity contribution in [1.82, 2.24) is 0 Å². The molecule has 3 heteroatoms. The number of aliphatic imine (C=N–C) groups is 1. The molecule has 0 saturated carbocycles. The summed E-state index contributed by atoms with van der Waals surface area (Å²) in [5, 5.41) is 0. The zero-order valence-electron chi connectivity index (χ0n) is 10.3. The fourth-order valence-corrected chi connectivity index (χ4v) is 1.11. The number of allylic oxidation sites excluding steroid dienone is 4. The van der Waals surface area contributed by atoms with Crippen LogP contribution in [-0.4, -0.2) is 19.3 Å². The normalized spacial score (nSPS) is 16.5. The maximum Gasteiger partial charge on any atom is 0.330 e. The lowest BCUT2D eigenvalue weighted by atomic mass is 9.91. The van der Waals surface area contributed by atoms with Crippen molar-refractivity contribution in [3.8, 4) is 0 Å². The second kappa shape index (κ2) is 7.63. The molecule has 0 aromatic heterocycles. The molecule has 0 saturated heterocycles. The SMILES string of the molecule is C/C=C\N=C/C(C)(/C=C\C)/C=C/C(=O)OC. The van der Waals surface area contributed by atoms with Crippen LogP contribution >= 0.6 is 0 Å². The fourth-order valence-electron chi connectivity index (χ4n) is 1.11. The zero-order chi connectivity index (χ0) is 12.4. The molecule has 0 rings (SSSR count). The van der Waals surface area contributed by atoms with E-state index in [0.29, 0.717) is 0 Å². The lowest BCUT2D eigenvalue weighted by Gasteiger charge is -2.14. The average Bonchev–Trinajstić information content (AvgIpc) is 2.27. The molecule has 0 heterocycles. The zero-order valence-corrected chi connectivity index (χ0v) is 10.3. The van der Waals surface area contributed by atoms with Crippen LogP contribution in [0, 0.1) is 5.41 Å². The van der Waals surface area contributed by atoms with Crippen LogP contribution in [0.3, 0.4) is 0 Å². The third-order valence-electron chi connectivity index (χ3n) is 1.89. The number of methoxy groups -OCH3 is 1. The Morgan fingerprint density at radius 1 is 1.25 bits per heavy atom. The second-order valence-corrected chi connectivity index (χ2v) is 3.48. The fraction of sp³-hybridized carbons (Fsp3) is 0.385. The van der Waals surface area contributed by atoms with Gasteiger partial charge in [0, 0.05) is 23.9 Å². The van der Waals surface area contributed by atoms with Gasteiger partial charge in [-0.15, -0.1) is 0 Å². The summed E-state index contributed by atoms with van der Waals surface area (Å²) in [5.41, 5.74) is -0.373. The summed E-state index contributed by atoms with van der Waals surface area (Å²) in [5.74, 6) is -0.366. The number of rotatable bonds is 5.